The molecule has 21 heavy (non-hydrogen) atoms. The third kappa shape index (κ3) is 5.54. The van der Waals surface area contributed by atoms with Crippen LogP contribution in [0.5, 0.6) is 0 Å². The van der Waals surface area contributed by atoms with Gasteiger partial charge in [-0.05, 0) is 0 Å². The van der Waals surface area contributed by atoms with E-state index in [2.05, 4.69) is 20.8 Å². The molecule has 0 atom stereocenters. The Balaban J connectivity index is 3.12. The summed E-state index contributed by atoms with van der Waals surface area (Å²) in [6.45, 7) is 6.67. The zero-order valence-corrected chi connectivity index (χ0v) is 16.7. The van der Waals surface area contributed by atoms with Gasteiger partial charge in [0.25, 0.3) is 0 Å². The van der Waals surface area contributed by atoms with Crippen molar-refractivity contribution in [2.24, 2.45) is 0 Å². The number of unbranched alkanes of at least 4 members (excludes halogenated alkanes) is 3. The van der Waals surface area contributed by atoms with Gasteiger partial charge in [0.05, 0.1) is 0 Å². The zero-order chi connectivity index (χ0) is 15.7. The fourth-order valence-electron chi connectivity index (χ4n) is 3.18. The van der Waals surface area contributed by atoms with Crippen LogP contribution >= 0.6 is 0 Å². The van der Waals surface area contributed by atoms with E-state index in [0.717, 1.165) is 0 Å². The molecule has 0 spiro atoms. The number of hydrogen-bond acceptors (Lipinski definition) is 0. The van der Waals surface area contributed by atoms with Gasteiger partial charge in [0.15, 0.2) is 0 Å². The van der Waals surface area contributed by atoms with Gasteiger partial charge in [-0.3, -0.25) is 0 Å². The Morgan fingerprint density at radius 2 is 1.24 bits per heavy atom. The van der Waals surface area contributed by atoms with Crippen molar-refractivity contribution in [2.45, 2.75) is 72.6 Å². The first kappa shape index (κ1) is 18.9. The monoisotopic (exact) mass is 404 g/mol. The predicted octanol–water partition coefficient (Wildman–Crippen LogP) is 6.02. The molecule has 0 N–H and O–H groups in total. The van der Waals surface area contributed by atoms with Crippen molar-refractivity contribution in [3.63, 3.8) is 0 Å². The van der Waals surface area contributed by atoms with Crippen LogP contribution in [0.3, 0.4) is 0 Å². The van der Waals surface area contributed by atoms with E-state index in [0.29, 0.717) is 0 Å². The predicted molar refractivity (Wildman–Crippen MR) is 90.9 cm³/mol. The second-order valence-electron chi connectivity index (χ2n) is 6.22. The molecule has 0 aliphatic rings. The van der Waals surface area contributed by atoms with E-state index in [1.54, 1.807) is 0 Å². The standard InChI is InChI=1S/C6H3F2.3C4H9.Sn/c7-5-3-1-2-4-6(5)8;3*1-3-4-2;/h1,3-4H;3*1,3-4H2,2H3;. The SMILES string of the molecule is CCC[CH2][Sn]([CH2]CCC)([CH2]CCC)[c]1ccc(F)c(F)c1. The summed E-state index contributed by atoms with van der Waals surface area (Å²) in [6, 6.07) is 4.78. The average molecular weight is 403 g/mol. The van der Waals surface area contributed by atoms with Crippen molar-refractivity contribution in [1.82, 2.24) is 0 Å². The van der Waals surface area contributed by atoms with Crippen LogP contribution in [0, 0.1) is 11.6 Å². The molecular formula is C18H30F2Sn. The van der Waals surface area contributed by atoms with E-state index in [-0.39, 0.29) is 0 Å². The van der Waals surface area contributed by atoms with E-state index in [1.165, 1.54) is 67.5 Å². The van der Waals surface area contributed by atoms with Crippen LogP contribution in [-0.2, 0) is 0 Å². The van der Waals surface area contributed by atoms with E-state index in [4.69, 9.17) is 0 Å². The molecular weight excluding hydrogens is 373 g/mol. The van der Waals surface area contributed by atoms with Crippen molar-refractivity contribution in [1.29, 1.82) is 0 Å². The van der Waals surface area contributed by atoms with Crippen LogP contribution in [-0.4, -0.2) is 18.4 Å². The fraction of sp³-hybridized carbons (Fsp3) is 0.667. The third-order valence-corrected chi connectivity index (χ3v) is 20.2. The van der Waals surface area contributed by atoms with Crippen molar-refractivity contribution >= 4 is 22.0 Å². The molecule has 0 fully saturated rings. The summed E-state index contributed by atoms with van der Waals surface area (Å²) < 4.78 is 32.1. The van der Waals surface area contributed by atoms with E-state index in [9.17, 15) is 8.78 Å². The van der Waals surface area contributed by atoms with Crippen molar-refractivity contribution in [2.75, 3.05) is 0 Å². The van der Waals surface area contributed by atoms with Gasteiger partial charge in [0.2, 0.25) is 0 Å². The number of benzene rings is 1. The molecule has 0 aliphatic heterocycles. The number of rotatable bonds is 10. The third-order valence-electron chi connectivity index (χ3n) is 4.56. The number of hydrogen-bond donors (Lipinski definition) is 0. The van der Waals surface area contributed by atoms with Crippen LogP contribution in [0.2, 0.25) is 13.3 Å². The summed E-state index contributed by atoms with van der Waals surface area (Å²) in [7, 11) is 0. The Bertz CT molecular complexity index is 396. The summed E-state index contributed by atoms with van der Waals surface area (Å²) in [5.74, 6) is -1.36. The van der Waals surface area contributed by atoms with Crippen LogP contribution in [0.1, 0.15) is 59.3 Å². The molecule has 0 amide bonds. The summed E-state index contributed by atoms with van der Waals surface area (Å²) in [6.07, 6.45) is 7.30. The summed E-state index contributed by atoms with van der Waals surface area (Å²) in [5.41, 5.74) is 0. The van der Waals surface area contributed by atoms with E-state index in [1.807, 2.05) is 6.07 Å². The maximum atomic E-state index is 13.7. The van der Waals surface area contributed by atoms with Crippen LogP contribution < -0.4 is 3.58 Å². The zero-order valence-electron chi connectivity index (χ0n) is 13.9. The Morgan fingerprint density at radius 3 is 1.62 bits per heavy atom. The molecule has 1 aromatic rings. The normalized spacial score (nSPS) is 11.9. The fourth-order valence-corrected chi connectivity index (χ4v) is 19.1. The summed E-state index contributed by atoms with van der Waals surface area (Å²) >= 11 is -2.58. The Morgan fingerprint density at radius 1 is 0.762 bits per heavy atom. The minimum absolute atomic E-state index is 0.655. The molecule has 1 rings (SSSR count). The van der Waals surface area contributed by atoms with Crippen LogP contribution in [0.4, 0.5) is 8.78 Å². The number of halogens is 2. The molecule has 0 saturated heterocycles. The first-order valence-electron chi connectivity index (χ1n) is 8.55. The maximum absolute atomic E-state index is 13.7. The Kier molecular flexibility index (Phi) is 8.84. The Labute approximate surface area is 133 Å². The first-order chi connectivity index (χ1) is 10.1. The van der Waals surface area contributed by atoms with Gasteiger partial charge in [-0.15, -0.1) is 0 Å². The molecule has 0 saturated carbocycles. The van der Waals surface area contributed by atoms with Crippen LogP contribution in [0.15, 0.2) is 18.2 Å². The van der Waals surface area contributed by atoms with Gasteiger partial charge >= 0.3 is 133 Å². The van der Waals surface area contributed by atoms with E-state index >= 15 is 0 Å². The van der Waals surface area contributed by atoms with Gasteiger partial charge in [0.1, 0.15) is 0 Å². The van der Waals surface area contributed by atoms with Gasteiger partial charge in [-0.2, -0.15) is 0 Å². The van der Waals surface area contributed by atoms with E-state index < -0.39 is 30.0 Å². The molecule has 0 unspecified atom stereocenters. The van der Waals surface area contributed by atoms with Crippen molar-refractivity contribution in [3.8, 4) is 0 Å². The molecule has 0 aliphatic carbocycles. The Hall–Kier alpha value is -0.121. The molecule has 0 aromatic heterocycles. The molecule has 0 nitrogen and oxygen atoms in total. The summed E-state index contributed by atoms with van der Waals surface area (Å²) in [4.78, 5) is 0. The van der Waals surface area contributed by atoms with Gasteiger partial charge < -0.3 is 0 Å². The van der Waals surface area contributed by atoms with Gasteiger partial charge in [-0.25, -0.2) is 0 Å². The minimum atomic E-state index is -2.58. The molecule has 1 aromatic carbocycles. The first-order valence-corrected chi connectivity index (χ1v) is 16.0. The van der Waals surface area contributed by atoms with Crippen molar-refractivity contribution < 1.29 is 8.78 Å². The molecule has 120 valence electrons. The molecule has 0 heterocycles. The summed E-state index contributed by atoms with van der Waals surface area (Å²) in [5, 5.41) is 0. The van der Waals surface area contributed by atoms with Crippen LogP contribution in [0.25, 0.3) is 0 Å². The molecule has 3 heteroatoms. The van der Waals surface area contributed by atoms with Crippen molar-refractivity contribution in [3.05, 3.63) is 29.8 Å². The second-order valence-corrected chi connectivity index (χ2v) is 19.5. The average Bonchev–Trinajstić information content (AvgIpc) is 2.50. The van der Waals surface area contributed by atoms with Gasteiger partial charge in [0, 0.05) is 0 Å². The topological polar surface area (TPSA) is 0 Å². The quantitative estimate of drug-likeness (QED) is 0.419. The molecule has 0 bridgehead atoms. The van der Waals surface area contributed by atoms with Gasteiger partial charge in [-0.1, -0.05) is 0 Å². The second kappa shape index (κ2) is 9.81. The molecule has 0 radical (unpaired) electrons.